The normalized spacial score (nSPS) is 11.1. The lowest BCUT2D eigenvalue weighted by Gasteiger charge is -2.13. The summed E-state index contributed by atoms with van der Waals surface area (Å²) in [6.45, 7) is 1.51. The van der Waals surface area contributed by atoms with Crippen LogP contribution in [0, 0.1) is 17.0 Å². The summed E-state index contributed by atoms with van der Waals surface area (Å²) in [5.74, 6) is 0.694. The Bertz CT molecular complexity index is 832. The van der Waals surface area contributed by atoms with E-state index in [9.17, 15) is 18.5 Å². The molecule has 0 spiro atoms. The molecule has 1 aromatic heterocycles. The quantitative estimate of drug-likeness (QED) is 0.662. The number of anilines is 2. The van der Waals surface area contributed by atoms with Gasteiger partial charge in [0.25, 0.3) is 15.7 Å². The van der Waals surface area contributed by atoms with Gasteiger partial charge in [-0.15, -0.1) is 0 Å². The summed E-state index contributed by atoms with van der Waals surface area (Å²) in [6, 6.07) is 6.88. The number of hydrogen-bond donors (Lipinski definition) is 1. The van der Waals surface area contributed by atoms with Gasteiger partial charge in [0.1, 0.15) is 5.82 Å². The van der Waals surface area contributed by atoms with E-state index in [1.54, 1.807) is 17.0 Å². The number of nitrogens with zero attached hydrogens (tertiary/aromatic N) is 3. The number of nitrogens with one attached hydrogen (secondary N) is 1. The molecule has 1 aromatic carbocycles. The Labute approximate surface area is 134 Å². The van der Waals surface area contributed by atoms with Gasteiger partial charge in [0.15, 0.2) is 0 Å². The number of aromatic nitrogens is 1. The minimum absolute atomic E-state index is 0.0141. The zero-order valence-corrected chi connectivity index (χ0v) is 13.7. The van der Waals surface area contributed by atoms with Crippen molar-refractivity contribution in [3.8, 4) is 0 Å². The Balaban J connectivity index is 2.30. The topological polar surface area (TPSA) is 105 Å². The molecule has 0 saturated heterocycles. The van der Waals surface area contributed by atoms with E-state index in [2.05, 4.69) is 9.71 Å². The summed E-state index contributed by atoms with van der Waals surface area (Å²) in [4.78, 5) is 16.1. The highest BCUT2D eigenvalue weighted by atomic mass is 32.2. The van der Waals surface area contributed by atoms with Crippen LogP contribution in [0.1, 0.15) is 5.56 Å². The number of nitro benzene ring substituents is 1. The average molecular weight is 336 g/mol. The summed E-state index contributed by atoms with van der Waals surface area (Å²) in [6.07, 6.45) is 1.41. The summed E-state index contributed by atoms with van der Waals surface area (Å²) >= 11 is 0. The highest BCUT2D eigenvalue weighted by Gasteiger charge is 2.19. The molecule has 9 heteroatoms. The van der Waals surface area contributed by atoms with Crippen molar-refractivity contribution in [3.63, 3.8) is 0 Å². The molecule has 23 heavy (non-hydrogen) atoms. The Morgan fingerprint density at radius 1 is 1.22 bits per heavy atom. The monoisotopic (exact) mass is 336 g/mol. The number of hydrogen-bond acceptors (Lipinski definition) is 6. The van der Waals surface area contributed by atoms with E-state index in [0.29, 0.717) is 17.1 Å². The molecule has 0 unspecified atom stereocenters. The lowest BCUT2D eigenvalue weighted by molar-refractivity contribution is -0.385. The summed E-state index contributed by atoms with van der Waals surface area (Å²) in [5.41, 5.74) is 0.455. The molecule has 0 aliphatic heterocycles. The van der Waals surface area contributed by atoms with Crippen LogP contribution in [0.2, 0.25) is 0 Å². The Kier molecular flexibility index (Phi) is 4.50. The highest BCUT2D eigenvalue weighted by Crippen LogP contribution is 2.23. The Morgan fingerprint density at radius 2 is 1.91 bits per heavy atom. The molecular formula is C14H16N4O4S. The lowest BCUT2D eigenvalue weighted by Crippen LogP contribution is -2.15. The molecule has 0 fully saturated rings. The third kappa shape index (κ3) is 3.75. The van der Waals surface area contributed by atoms with Crippen LogP contribution >= 0.6 is 0 Å². The largest absolute Gasteiger partial charge is 0.363 e. The van der Waals surface area contributed by atoms with Crippen molar-refractivity contribution in [1.82, 2.24) is 4.98 Å². The van der Waals surface area contributed by atoms with Crippen LogP contribution in [0.15, 0.2) is 41.4 Å². The Hall–Kier alpha value is -2.68. The Morgan fingerprint density at radius 3 is 2.39 bits per heavy atom. The van der Waals surface area contributed by atoms with Gasteiger partial charge in [0, 0.05) is 26.2 Å². The number of rotatable bonds is 5. The van der Waals surface area contributed by atoms with E-state index in [0.717, 1.165) is 6.07 Å². The number of non-ortho nitro benzene ring substituents is 1. The van der Waals surface area contributed by atoms with Gasteiger partial charge in [-0.3, -0.25) is 14.8 Å². The minimum Gasteiger partial charge on any atom is -0.363 e. The fraction of sp³-hybridized carbons (Fsp3) is 0.214. The van der Waals surface area contributed by atoms with Crippen LogP contribution in [0.5, 0.6) is 0 Å². The van der Waals surface area contributed by atoms with E-state index >= 15 is 0 Å². The average Bonchev–Trinajstić information content (AvgIpc) is 2.46. The van der Waals surface area contributed by atoms with Crippen LogP contribution in [-0.4, -0.2) is 32.4 Å². The highest BCUT2D eigenvalue weighted by molar-refractivity contribution is 7.92. The molecule has 0 atom stereocenters. The van der Waals surface area contributed by atoms with Crippen LogP contribution in [0.25, 0.3) is 0 Å². The van der Waals surface area contributed by atoms with Gasteiger partial charge in [-0.2, -0.15) is 0 Å². The third-order valence-electron chi connectivity index (χ3n) is 3.12. The van der Waals surface area contributed by atoms with Crippen molar-refractivity contribution < 1.29 is 13.3 Å². The fourth-order valence-electron chi connectivity index (χ4n) is 1.97. The molecule has 0 saturated carbocycles. The maximum atomic E-state index is 12.4. The van der Waals surface area contributed by atoms with E-state index in [4.69, 9.17) is 0 Å². The summed E-state index contributed by atoms with van der Waals surface area (Å²) in [5, 5.41) is 10.7. The van der Waals surface area contributed by atoms with Crippen molar-refractivity contribution in [2.45, 2.75) is 11.8 Å². The number of sulfonamides is 1. The standard InChI is InChI=1S/C14H16N4O4S/c1-10-8-12(18(19)20)5-6-13(10)23(21,22)16-11-4-7-14(15-9-11)17(2)3/h4-9,16H,1-3H3. The van der Waals surface area contributed by atoms with Crippen molar-refractivity contribution in [2.24, 2.45) is 0 Å². The molecule has 1 heterocycles. The van der Waals surface area contributed by atoms with Crippen LogP contribution in [0.3, 0.4) is 0 Å². The van der Waals surface area contributed by atoms with Gasteiger partial charge < -0.3 is 4.90 Å². The van der Waals surface area contributed by atoms with Gasteiger partial charge in [-0.25, -0.2) is 13.4 Å². The maximum Gasteiger partial charge on any atom is 0.269 e. The first-order valence-corrected chi connectivity index (χ1v) is 8.10. The number of nitro groups is 1. The van der Waals surface area contributed by atoms with E-state index in [1.807, 2.05) is 14.1 Å². The van der Waals surface area contributed by atoms with E-state index < -0.39 is 14.9 Å². The van der Waals surface area contributed by atoms with Crippen molar-refractivity contribution in [2.75, 3.05) is 23.7 Å². The fourth-order valence-corrected chi connectivity index (χ4v) is 3.24. The van der Waals surface area contributed by atoms with Gasteiger partial charge in [-0.1, -0.05) is 0 Å². The first-order valence-electron chi connectivity index (χ1n) is 6.62. The molecule has 1 N–H and O–H groups in total. The van der Waals surface area contributed by atoms with Crippen molar-refractivity contribution in [1.29, 1.82) is 0 Å². The lowest BCUT2D eigenvalue weighted by atomic mass is 10.2. The molecule has 2 aromatic rings. The molecule has 122 valence electrons. The van der Waals surface area contributed by atoms with Crippen molar-refractivity contribution in [3.05, 3.63) is 52.2 Å². The first-order chi connectivity index (χ1) is 10.7. The molecule has 8 nitrogen and oxygen atoms in total. The van der Waals surface area contributed by atoms with Gasteiger partial charge >= 0.3 is 0 Å². The predicted octanol–water partition coefficient (Wildman–Crippen LogP) is 2.17. The molecule has 0 radical (unpaired) electrons. The van der Waals surface area contributed by atoms with Crippen LogP contribution < -0.4 is 9.62 Å². The van der Waals surface area contributed by atoms with Crippen molar-refractivity contribution >= 4 is 27.2 Å². The smallest absolute Gasteiger partial charge is 0.269 e. The van der Waals surface area contributed by atoms with E-state index in [1.165, 1.54) is 25.3 Å². The summed E-state index contributed by atoms with van der Waals surface area (Å²) in [7, 11) is -0.194. The second-order valence-electron chi connectivity index (χ2n) is 5.11. The number of benzene rings is 1. The molecule has 0 aliphatic carbocycles. The third-order valence-corrected chi connectivity index (χ3v) is 4.66. The predicted molar refractivity (Wildman–Crippen MR) is 87.2 cm³/mol. The van der Waals surface area contributed by atoms with Crippen LogP contribution in [-0.2, 0) is 10.0 Å². The zero-order valence-electron chi connectivity index (χ0n) is 12.8. The number of aryl methyl sites for hydroxylation is 1. The van der Waals surface area contributed by atoms with Gasteiger partial charge in [-0.05, 0) is 30.7 Å². The van der Waals surface area contributed by atoms with Gasteiger partial charge in [0.2, 0.25) is 0 Å². The maximum absolute atomic E-state index is 12.4. The molecule has 2 rings (SSSR count). The molecule has 0 amide bonds. The zero-order chi connectivity index (χ0) is 17.2. The summed E-state index contributed by atoms with van der Waals surface area (Å²) < 4.78 is 27.2. The molecule has 0 bridgehead atoms. The first kappa shape index (κ1) is 16.7. The van der Waals surface area contributed by atoms with E-state index in [-0.39, 0.29) is 10.6 Å². The van der Waals surface area contributed by atoms with Crippen LogP contribution in [0.4, 0.5) is 17.2 Å². The minimum atomic E-state index is -3.85. The second kappa shape index (κ2) is 6.21. The number of pyridine rings is 1. The molecular weight excluding hydrogens is 320 g/mol. The SMILES string of the molecule is Cc1cc([N+](=O)[O-])ccc1S(=O)(=O)Nc1ccc(N(C)C)nc1. The second-order valence-corrected chi connectivity index (χ2v) is 6.76. The van der Waals surface area contributed by atoms with Gasteiger partial charge in [0.05, 0.1) is 21.7 Å². The molecule has 0 aliphatic rings.